The summed E-state index contributed by atoms with van der Waals surface area (Å²) >= 11 is 3.39. The maximum absolute atomic E-state index is 5.45. The van der Waals surface area contributed by atoms with Gasteiger partial charge in [0.1, 0.15) is 0 Å². The third kappa shape index (κ3) is 1.35. The molecule has 0 bridgehead atoms. The van der Waals surface area contributed by atoms with E-state index in [1.807, 2.05) is 0 Å². The van der Waals surface area contributed by atoms with Gasteiger partial charge >= 0.3 is 0 Å². The molecule has 1 saturated carbocycles. The molecular formula is C7H8BrN3. The number of halogens is 1. The lowest BCUT2D eigenvalue weighted by molar-refractivity contribution is 0.983. The summed E-state index contributed by atoms with van der Waals surface area (Å²) in [5.74, 6) is 0.991. The molecule has 2 rings (SSSR count). The Morgan fingerprint density at radius 2 is 2.27 bits per heavy atom. The summed E-state index contributed by atoms with van der Waals surface area (Å²) in [4.78, 5) is 8.02. The first-order valence-corrected chi connectivity index (χ1v) is 4.34. The Kier molecular flexibility index (Phi) is 1.56. The maximum atomic E-state index is 5.45. The molecule has 1 aliphatic rings. The van der Waals surface area contributed by atoms with Gasteiger partial charge in [0.25, 0.3) is 0 Å². The minimum absolute atomic E-state index is 0.370. The Morgan fingerprint density at radius 1 is 1.55 bits per heavy atom. The topological polar surface area (TPSA) is 51.8 Å². The van der Waals surface area contributed by atoms with Gasteiger partial charge in [-0.3, -0.25) is 0 Å². The predicted molar refractivity (Wildman–Crippen MR) is 46.1 cm³/mol. The van der Waals surface area contributed by atoms with Gasteiger partial charge in [0.2, 0.25) is 5.95 Å². The molecular weight excluding hydrogens is 206 g/mol. The third-order valence-corrected chi connectivity index (χ3v) is 2.36. The van der Waals surface area contributed by atoms with Crippen molar-refractivity contribution in [2.24, 2.45) is 0 Å². The number of hydrogen-bond acceptors (Lipinski definition) is 3. The zero-order chi connectivity index (χ0) is 7.84. The number of nitrogens with two attached hydrogens (primary N) is 1. The molecule has 11 heavy (non-hydrogen) atoms. The fourth-order valence-electron chi connectivity index (χ4n) is 1.04. The molecule has 0 amide bonds. The largest absolute Gasteiger partial charge is 0.368 e. The summed E-state index contributed by atoms with van der Waals surface area (Å²) < 4.78 is 0.981. The summed E-state index contributed by atoms with van der Waals surface area (Å²) in [5.41, 5.74) is 6.52. The van der Waals surface area contributed by atoms with Crippen molar-refractivity contribution in [3.63, 3.8) is 0 Å². The molecule has 1 aromatic rings. The molecule has 0 aromatic carbocycles. The van der Waals surface area contributed by atoms with Gasteiger partial charge in [-0.2, -0.15) is 0 Å². The quantitative estimate of drug-likeness (QED) is 0.773. The van der Waals surface area contributed by atoms with E-state index < -0.39 is 0 Å². The van der Waals surface area contributed by atoms with Gasteiger partial charge in [-0.1, -0.05) is 0 Å². The van der Waals surface area contributed by atoms with E-state index in [-0.39, 0.29) is 0 Å². The minimum atomic E-state index is 0.370. The fourth-order valence-corrected chi connectivity index (χ4v) is 1.55. The summed E-state index contributed by atoms with van der Waals surface area (Å²) in [7, 11) is 0. The van der Waals surface area contributed by atoms with Crippen molar-refractivity contribution in [1.29, 1.82) is 0 Å². The molecule has 2 N–H and O–H groups in total. The molecule has 58 valence electrons. The average Bonchev–Trinajstić information content (AvgIpc) is 2.76. The SMILES string of the molecule is Nc1ncc(Br)c(C2CC2)n1. The number of anilines is 1. The first-order chi connectivity index (χ1) is 5.27. The Morgan fingerprint density at radius 3 is 2.91 bits per heavy atom. The van der Waals surface area contributed by atoms with E-state index in [9.17, 15) is 0 Å². The van der Waals surface area contributed by atoms with Crippen LogP contribution in [0.1, 0.15) is 24.5 Å². The van der Waals surface area contributed by atoms with Gasteiger partial charge in [-0.05, 0) is 28.8 Å². The molecule has 0 unspecified atom stereocenters. The summed E-state index contributed by atoms with van der Waals surface area (Å²) in [6.45, 7) is 0. The average molecular weight is 214 g/mol. The molecule has 0 atom stereocenters. The Balaban J connectivity index is 2.42. The highest BCUT2D eigenvalue weighted by Gasteiger charge is 2.27. The normalized spacial score (nSPS) is 16.8. The number of hydrogen-bond donors (Lipinski definition) is 1. The molecule has 0 radical (unpaired) electrons. The second kappa shape index (κ2) is 2.44. The lowest BCUT2D eigenvalue weighted by Gasteiger charge is -2.00. The Labute approximate surface area is 73.2 Å². The molecule has 3 nitrogen and oxygen atoms in total. The highest BCUT2D eigenvalue weighted by Crippen LogP contribution is 2.41. The van der Waals surface area contributed by atoms with E-state index >= 15 is 0 Å². The van der Waals surface area contributed by atoms with E-state index in [4.69, 9.17) is 5.73 Å². The molecule has 1 aliphatic carbocycles. The van der Waals surface area contributed by atoms with Crippen LogP contribution in [-0.2, 0) is 0 Å². The van der Waals surface area contributed by atoms with Crippen molar-refractivity contribution < 1.29 is 0 Å². The van der Waals surface area contributed by atoms with Crippen LogP contribution in [0.2, 0.25) is 0 Å². The van der Waals surface area contributed by atoms with Gasteiger partial charge in [0.05, 0.1) is 10.2 Å². The summed E-state index contributed by atoms with van der Waals surface area (Å²) in [5, 5.41) is 0. The van der Waals surface area contributed by atoms with Gasteiger partial charge in [-0.25, -0.2) is 9.97 Å². The van der Waals surface area contributed by atoms with Crippen molar-refractivity contribution in [1.82, 2.24) is 9.97 Å². The van der Waals surface area contributed by atoms with E-state index in [1.54, 1.807) is 6.20 Å². The van der Waals surface area contributed by atoms with Crippen molar-refractivity contribution in [3.05, 3.63) is 16.4 Å². The lowest BCUT2D eigenvalue weighted by atomic mass is 10.3. The van der Waals surface area contributed by atoms with Crippen LogP contribution in [0.3, 0.4) is 0 Å². The highest BCUT2D eigenvalue weighted by atomic mass is 79.9. The first kappa shape index (κ1) is 7.03. The van der Waals surface area contributed by atoms with Crippen LogP contribution >= 0.6 is 15.9 Å². The van der Waals surface area contributed by atoms with E-state index in [0.29, 0.717) is 11.9 Å². The number of aromatic nitrogens is 2. The van der Waals surface area contributed by atoms with Crippen LogP contribution in [0.4, 0.5) is 5.95 Å². The minimum Gasteiger partial charge on any atom is -0.368 e. The molecule has 1 aromatic heterocycles. The van der Waals surface area contributed by atoms with Crippen LogP contribution in [0, 0.1) is 0 Å². The summed E-state index contributed by atoms with van der Waals surface area (Å²) in [6.07, 6.45) is 4.18. The van der Waals surface area contributed by atoms with Crippen molar-refractivity contribution >= 4 is 21.9 Å². The second-order valence-corrected chi connectivity index (χ2v) is 3.59. The number of rotatable bonds is 1. The van der Waals surface area contributed by atoms with Crippen molar-refractivity contribution in [3.8, 4) is 0 Å². The molecule has 1 fully saturated rings. The molecule has 0 aliphatic heterocycles. The molecule has 4 heteroatoms. The second-order valence-electron chi connectivity index (χ2n) is 2.74. The van der Waals surface area contributed by atoms with Crippen LogP contribution in [-0.4, -0.2) is 9.97 Å². The highest BCUT2D eigenvalue weighted by molar-refractivity contribution is 9.10. The van der Waals surface area contributed by atoms with E-state index in [1.165, 1.54) is 12.8 Å². The molecule has 1 heterocycles. The zero-order valence-electron chi connectivity index (χ0n) is 5.92. The predicted octanol–water partition coefficient (Wildman–Crippen LogP) is 1.70. The van der Waals surface area contributed by atoms with Gasteiger partial charge in [0, 0.05) is 12.1 Å². The van der Waals surface area contributed by atoms with E-state index in [0.717, 1.165) is 10.2 Å². The molecule has 0 saturated heterocycles. The summed E-state index contributed by atoms with van der Waals surface area (Å²) in [6, 6.07) is 0. The lowest BCUT2D eigenvalue weighted by Crippen LogP contribution is -1.98. The maximum Gasteiger partial charge on any atom is 0.220 e. The van der Waals surface area contributed by atoms with Crippen molar-refractivity contribution in [2.75, 3.05) is 5.73 Å². The van der Waals surface area contributed by atoms with Crippen LogP contribution < -0.4 is 5.73 Å². The molecule has 0 spiro atoms. The van der Waals surface area contributed by atoms with Gasteiger partial charge < -0.3 is 5.73 Å². The van der Waals surface area contributed by atoms with Crippen molar-refractivity contribution in [2.45, 2.75) is 18.8 Å². The van der Waals surface area contributed by atoms with Gasteiger partial charge in [0.15, 0.2) is 0 Å². The Bertz CT molecular complexity index is 283. The standard InChI is InChI=1S/C7H8BrN3/c8-5-3-10-7(9)11-6(5)4-1-2-4/h3-4H,1-2H2,(H2,9,10,11). The number of nitrogens with zero attached hydrogens (tertiary/aromatic N) is 2. The smallest absolute Gasteiger partial charge is 0.220 e. The monoisotopic (exact) mass is 213 g/mol. The van der Waals surface area contributed by atoms with Crippen LogP contribution in [0.25, 0.3) is 0 Å². The van der Waals surface area contributed by atoms with Gasteiger partial charge in [-0.15, -0.1) is 0 Å². The first-order valence-electron chi connectivity index (χ1n) is 3.55. The van der Waals surface area contributed by atoms with Crippen LogP contribution in [0.5, 0.6) is 0 Å². The number of nitrogen functional groups attached to an aromatic ring is 1. The zero-order valence-corrected chi connectivity index (χ0v) is 7.50. The van der Waals surface area contributed by atoms with E-state index in [2.05, 4.69) is 25.9 Å². The fraction of sp³-hybridized carbons (Fsp3) is 0.429. The Hall–Kier alpha value is -0.640. The third-order valence-electron chi connectivity index (χ3n) is 1.75. The van der Waals surface area contributed by atoms with Crippen LogP contribution in [0.15, 0.2) is 10.7 Å².